The molecule has 6 rings (SSSR count). The third-order valence-corrected chi connectivity index (χ3v) is 7.05. The number of hydrogen-bond donors (Lipinski definition) is 0. The number of nitrogens with zero attached hydrogens (tertiary/aromatic N) is 3. The summed E-state index contributed by atoms with van der Waals surface area (Å²) in [6, 6.07) is 12.1. The number of carbonyl (C=O) groups excluding carboxylic acids is 3. The zero-order valence-corrected chi connectivity index (χ0v) is 19.4. The number of nitro groups is 1. The molecule has 10 nitrogen and oxygen atoms in total. The van der Waals surface area contributed by atoms with Crippen LogP contribution in [0, 0.1) is 17.0 Å². The van der Waals surface area contributed by atoms with Gasteiger partial charge in [0.15, 0.2) is 11.5 Å². The Morgan fingerprint density at radius 1 is 0.944 bits per heavy atom. The van der Waals surface area contributed by atoms with Crippen molar-refractivity contribution < 1.29 is 28.8 Å². The Balaban J connectivity index is 1.46. The van der Waals surface area contributed by atoms with E-state index in [4.69, 9.17) is 21.1 Å². The number of β-lactam (4-membered cyclic amide) rings is 1. The number of ether oxygens (including phenoxy) is 2. The van der Waals surface area contributed by atoms with Crippen molar-refractivity contribution >= 4 is 40.7 Å². The monoisotopic (exact) mass is 505 g/mol. The van der Waals surface area contributed by atoms with Gasteiger partial charge in [-0.15, -0.1) is 0 Å². The molecule has 0 unspecified atom stereocenters. The number of nitro benzene ring substituents is 1. The molecule has 36 heavy (non-hydrogen) atoms. The van der Waals surface area contributed by atoms with Crippen LogP contribution in [0.5, 0.6) is 11.5 Å². The van der Waals surface area contributed by atoms with Gasteiger partial charge in [0.05, 0.1) is 16.5 Å². The topological polar surface area (TPSA) is 119 Å². The van der Waals surface area contributed by atoms with Crippen molar-refractivity contribution in [3.05, 3.63) is 92.0 Å². The Morgan fingerprint density at radius 2 is 1.72 bits per heavy atom. The molecular weight excluding hydrogens is 490 g/mol. The SMILES string of the molecule is Cc1ccc(N2C(=O)[C@H](N3C(=O)c4cccc([N+](=O)[O-])c4C3=O)[C@H]2c2ccc3c(c2)OCO3)cc1Cl. The van der Waals surface area contributed by atoms with E-state index in [0.717, 1.165) is 16.5 Å². The summed E-state index contributed by atoms with van der Waals surface area (Å²) >= 11 is 6.32. The van der Waals surface area contributed by atoms with Gasteiger partial charge in [-0.25, -0.2) is 0 Å². The molecule has 2 atom stereocenters. The van der Waals surface area contributed by atoms with Crippen LogP contribution in [0.4, 0.5) is 11.4 Å². The average Bonchev–Trinajstić information content (AvgIpc) is 3.42. The van der Waals surface area contributed by atoms with E-state index in [-0.39, 0.29) is 17.9 Å². The third kappa shape index (κ3) is 3.01. The van der Waals surface area contributed by atoms with Gasteiger partial charge < -0.3 is 14.4 Å². The van der Waals surface area contributed by atoms with Crippen LogP contribution in [0.3, 0.4) is 0 Å². The Bertz CT molecular complexity index is 1520. The van der Waals surface area contributed by atoms with E-state index in [9.17, 15) is 24.5 Å². The molecule has 180 valence electrons. The van der Waals surface area contributed by atoms with Gasteiger partial charge in [0.1, 0.15) is 11.6 Å². The first-order chi connectivity index (χ1) is 17.3. The van der Waals surface area contributed by atoms with Crippen LogP contribution in [0.2, 0.25) is 5.02 Å². The summed E-state index contributed by atoms with van der Waals surface area (Å²) in [4.78, 5) is 53.4. The number of fused-ring (bicyclic) bond motifs is 2. The zero-order valence-electron chi connectivity index (χ0n) is 18.6. The smallest absolute Gasteiger partial charge is 0.282 e. The number of rotatable bonds is 4. The summed E-state index contributed by atoms with van der Waals surface area (Å²) in [5.74, 6) is -1.17. The number of imide groups is 1. The number of carbonyl (C=O) groups is 3. The molecule has 3 aromatic carbocycles. The highest BCUT2D eigenvalue weighted by Crippen LogP contribution is 2.47. The van der Waals surface area contributed by atoms with Crippen molar-refractivity contribution in [1.82, 2.24) is 4.90 Å². The van der Waals surface area contributed by atoms with Crippen LogP contribution < -0.4 is 14.4 Å². The number of benzene rings is 3. The van der Waals surface area contributed by atoms with Crippen LogP contribution in [0.1, 0.15) is 37.9 Å². The van der Waals surface area contributed by atoms with Crippen molar-refractivity contribution in [2.45, 2.75) is 19.0 Å². The van der Waals surface area contributed by atoms with Crippen molar-refractivity contribution in [1.29, 1.82) is 0 Å². The predicted octanol–water partition coefficient (Wildman–Crippen LogP) is 4.04. The van der Waals surface area contributed by atoms with E-state index >= 15 is 0 Å². The van der Waals surface area contributed by atoms with Gasteiger partial charge in [0.2, 0.25) is 6.79 Å². The molecule has 3 aromatic rings. The lowest BCUT2D eigenvalue weighted by molar-refractivity contribution is -0.385. The highest BCUT2D eigenvalue weighted by atomic mass is 35.5. The fourth-order valence-electron chi connectivity index (χ4n) is 4.86. The Morgan fingerprint density at radius 3 is 2.47 bits per heavy atom. The van der Waals surface area contributed by atoms with Crippen LogP contribution in [0.15, 0.2) is 54.6 Å². The van der Waals surface area contributed by atoms with Gasteiger partial charge in [0, 0.05) is 16.8 Å². The maximum atomic E-state index is 13.6. The number of halogens is 1. The van der Waals surface area contributed by atoms with Gasteiger partial charge in [-0.3, -0.25) is 29.4 Å². The molecule has 1 fully saturated rings. The van der Waals surface area contributed by atoms with E-state index < -0.39 is 40.4 Å². The Labute approximate surface area is 208 Å². The summed E-state index contributed by atoms with van der Waals surface area (Å²) in [5, 5.41) is 12.0. The lowest BCUT2D eigenvalue weighted by Crippen LogP contribution is -2.67. The Kier molecular flexibility index (Phi) is 4.77. The zero-order chi connectivity index (χ0) is 25.3. The second-order valence-corrected chi connectivity index (χ2v) is 8.99. The molecule has 0 spiro atoms. The average molecular weight is 506 g/mol. The summed E-state index contributed by atoms with van der Waals surface area (Å²) < 4.78 is 10.9. The van der Waals surface area contributed by atoms with E-state index in [1.165, 1.54) is 17.0 Å². The minimum absolute atomic E-state index is 0.0468. The second-order valence-electron chi connectivity index (χ2n) is 8.58. The molecule has 3 amide bonds. The van der Waals surface area contributed by atoms with Crippen LogP contribution in [0.25, 0.3) is 0 Å². The minimum Gasteiger partial charge on any atom is -0.454 e. The van der Waals surface area contributed by atoms with E-state index in [2.05, 4.69) is 0 Å². The number of anilines is 1. The summed E-state index contributed by atoms with van der Waals surface area (Å²) in [7, 11) is 0. The highest BCUT2D eigenvalue weighted by molar-refractivity contribution is 6.32. The predicted molar refractivity (Wildman–Crippen MR) is 126 cm³/mol. The molecule has 0 N–H and O–H groups in total. The molecule has 0 aromatic heterocycles. The normalized spacial score (nSPS) is 20.0. The molecule has 0 radical (unpaired) electrons. The molecule has 1 saturated heterocycles. The van der Waals surface area contributed by atoms with Crippen LogP contribution >= 0.6 is 11.6 Å². The maximum Gasteiger partial charge on any atom is 0.282 e. The van der Waals surface area contributed by atoms with E-state index in [1.807, 2.05) is 6.92 Å². The lowest BCUT2D eigenvalue weighted by atomic mass is 9.86. The van der Waals surface area contributed by atoms with Gasteiger partial charge in [-0.05, 0) is 48.4 Å². The molecule has 3 aliphatic heterocycles. The van der Waals surface area contributed by atoms with Crippen molar-refractivity contribution in [3.8, 4) is 11.5 Å². The molecule has 0 aliphatic carbocycles. The minimum atomic E-state index is -1.22. The van der Waals surface area contributed by atoms with Gasteiger partial charge in [0.25, 0.3) is 23.4 Å². The van der Waals surface area contributed by atoms with Gasteiger partial charge in [-0.2, -0.15) is 0 Å². The van der Waals surface area contributed by atoms with Crippen molar-refractivity contribution in [2.75, 3.05) is 11.7 Å². The van der Waals surface area contributed by atoms with Crippen LogP contribution in [-0.4, -0.2) is 40.4 Å². The third-order valence-electron chi connectivity index (χ3n) is 6.64. The Hall–Kier alpha value is -4.44. The van der Waals surface area contributed by atoms with Gasteiger partial charge in [-0.1, -0.05) is 29.8 Å². The number of amides is 3. The maximum absolute atomic E-state index is 13.6. The van der Waals surface area contributed by atoms with Crippen molar-refractivity contribution in [3.63, 3.8) is 0 Å². The molecule has 0 saturated carbocycles. The quantitative estimate of drug-likeness (QED) is 0.227. The van der Waals surface area contributed by atoms with E-state index in [1.54, 1.807) is 36.4 Å². The second kappa shape index (κ2) is 7.79. The standard InChI is InChI=1S/C25H16ClN3O7/c1-12-5-7-14(10-16(12)26)27-21(13-6-8-18-19(9-13)36-11-35-18)22(25(27)32)28-23(30)15-3-2-4-17(29(33)34)20(15)24(28)31/h2-10,21-22H,11H2,1H3/t21-,22-/m1/s1. The first-order valence-electron chi connectivity index (χ1n) is 10.9. The van der Waals surface area contributed by atoms with Gasteiger partial charge >= 0.3 is 0 Å². The van der Waals surface area contributed by atoms with E-state index in [0.29, 0.717) is 27.8 Å². The first kappa shape index (κ1) is 22.1. The lowest BCUT2D eigenvalue weighted by Gasteiger charge is -2.49. The first-order valence-corrected chi connectivity index (χ1v) is 11.3. The largest absolute Gasteiger partial charge is 0.454 e. The molecule has 0 bridgehead atoms. The van der Waals surface area contributed by atoms with Crippen molar-refractivity contribution in [2.24, 2.45) is 0 Å². The molecule has 11 heteroatoms. The molecule has 3 heterocycles. The summed E-state index contributed by atoms with van der Waals surface area (Å²) in [6.45, 7) is 1.87. The number of hydrogen-bond acceptors (Lipinski definition) is 7. The summed E-state index contributed by atoms with van der Waals surface area (Å²) in [5.41, 5.74) is 0.979. The number of aryl methyl sites for hydroxylation is 1. The highest BCUT2D eigenvalue weighted by Gasteiger charge is 2.58. The molecule has 3 aliphatic rings. The fraction of sp³-hybridized carbons (Fsp3) is 0.160. The fourth-order valence-corrected chi connectivity index (χ4v) is 5.04. The van der Waals surface area contributed by atoms with Crippen LogP contribution in [-0.2, 0) is 4.79 Å². The molecular formula is C25H16ClN3O7. The summed E-state index contributed by atoms with van der Waals surface area (Å²) in [6.07, 6.45) is 0.